The van der Waals surface area contributed by atoms with Crippen LogP contribution in [0.2, 0.25) is 5.02 Å². The molecule has 1 heterocycles. The van der Waals surface area contributed by atoms with Gasteiger partial charge < -0.3 is 10.4 Å². The monoisotopic (exact) mass is 242 g/mol. The highest BCUT2D eigenvalue weighted by Gasteiger charge is 2.16. The van der Waals surface area contributed by atoms with Crippen LogP contribution in [0.1, 0.15) is 0 Å². The maximum atomic E-state index is 10.9. The van der Waals surface area contributed by atoms with Crippen molar-refractivity contribution in [2.75, 3.05) is 5.75 Å². The minimum atomic E-state index is -0.0831. The van der Waals surface area contributed by atoms with Crippen LogP contribution in [0.5, 0.6) is 5.75 Å². The molecule has 0 atom stereocenters. The average molecular weight is 243 g/mol. The molecule has 2 rings (SSSR count). The highest BCUT2D eigenvalue weighted by Crippen LogP contribution is 2.30. The van der Waals surface area contributed by atoms with Crippen LogP contribution in [0.25, 0.3) is 0 Å². The molecule has 1 aliphatic heterocycles. The Morgan fingerprint density at radius 2 is 2.33 bits per heavy atom. The van der Waals surface area contributed by atoms with Crippen molar-refractivity contribution < 1.29 is 9.90 Å². The zero-order chi connectivity index (χ0) is 10.8. The second kappa shape index (κ2) is 4.12. The van der Waals surface area contributed by atoms with E-state index in [0.717, 1.165) is 0 Å². The molecule has 1 aliphatic rings. The molecule has 78 valence electrons. The van der Waals surface area contributed by atoms with Gasteiger partial charge in [0.2, 0.25) is 5.91 Å². The molecule has 1 saturated heterocycles. The van der Waals surface area contributed by atoms with Crippen LogP contribution in [0.4, 0.5) is 5.69 Å². The van der Waals surface area contributed by atoms with Gasteiger partial charge in [-0.15, -0.1) is 0 Å². The lowest BCUT2D eigenvalue weighted by molar-refractivity contribution is -0.116. The third-order valence-corrected chi connectivity index (χ3v) is 2.85. The van der Waals surface area contributed by atoms with Gasteiger partial charge in [0, 0.05) is 5.02 Å². The van der Waals surface area contributed by atoms with E-state index >= 15 is 0 Å². The maximum Gasteiger partial charge on any atom is 0.236 e. The Morgan fingerprint density at radius 3 is 3.00 bits per heavy atom. The van der Waals surface area contributed by atoms with Crippen molar-refractivity contribution in [3.8, 4) is 5.75 Å². The molecule has 0 saturated carbocycles. The molecule has 1 amide bonds. The summed E-state index contributed by atoms with van der Waals surface area (Å²) in [6.45, 7) is 0. The number of aromatic hydroxyl groups is 1. The van der Waals surface area contributed by atoms with Crippen molar-refractivity contribution in [3.05, 3.63) is 23.2 Å². The minimum absolute atomic E-state index is 0.0358. The smallest absolute Gasteiger partial charge is 0.236 e. The van der Waals surface area contributed by atoms with Crippen LogP contribution in [-0.4, -0.2) is 21.9 Å². The third kappa shape index (κ3) is 2.43. The second-order valence-electron chi connectivity index (χ2n) is 2.89. The first kappa shape index (κ1) is 10.3. The van der Waals surface area contributed by atoms with Crippen LogP contribution in [0.15, 0.2) is 23.2 Å². The summed E-state index contributed by atoms with van der Waals surface area (Å²) in [6, 6.07) is 4.57. The molecule has 0 aliphatic carbocycles. The summed E-state index contributed by atoms with van der Waals surface area (Å²) in [5.41, 5.74) is 0.354. The number of phenols is 1. The Bertz CT molecular complexity index is 448. The lowest BCUT2D eigenvalue weighted by atomic mass is 10.3. The number of nitrogens with zero attached hydrogens (tertiary/aromatic N) is 1. The number of amides is 1. The van der Waals surface area contributed by atoms with E-state index < -0.39 is 0 Å². The molecule has 0 unspecified atom stereocenters. The summed E-state index contributed by atoms with van der Waals surface area (Å²) in [7, 11) is 0. The largest absolute Gasteiger partial charge is 0.506 e. The minimum Gasteiger partial charge on any atom is -0.506 e. The number of halogens is 1. The third-order valence-electron chi connectivity index (χ3n) is 1.75. The van der Waals surface area contributed by atoms with Crippen molar-refractivity contribution in [1.82, 2.24) is 5.32 Å². The van der Waals surface area contributed by atoms with Crippen molar-refractivity contribution in [1.29, 1.82) is 0 Å². The number of nitrogens with one attached hydrogen (secondary N) is 1. The Balaban J connectivity index is 2.30. The fourth-order valence-corrected chi connectivity index (χ4v) is 1.94. The van der Waals surface area contributed by atoms with Gasteiger partial charge in [-0.3, -0.25) is 4.79 Å². The van der Waals surface area contributed by atoms with E-state index in [9.17, 15) is 9.90 Å². The molecular weight excluding hydrogens is 236 g/mol. The Labute approximate surface area is 95.3 Å². The molecule has 0 spiro atoms. The highest BCUT2D eigenvalue weighted by molar-refractivity contribution is 8.15. The summed E-state index contributed by atoms with van der Waals surface area (Å²) in [4.78, 5) is 15.0. The number of rotatable bonds is 1. The van der Waals surface area contributed by atoms with E-state index in [-0.39, 0.29) is 11.7 Å². The first-order valence-electron chi connectivity index (χ1n) is 4.15. The van der Waals surface area contributed by atoms with Gasteiger partial charge in [-0.1, -0.05) is 23.4 Å². The normalized spacial score (nSPS) is 18.2. The van der Waals surface area contributed by atoms with Crippen molar-refractivity contribution in [3.63, 3.8) is 0 Å². The van der Waals surface area contributed by atoms with Gasteiger partial charge in [-0.05, 0) is 18.2 Å². The lowest BCUT2D eigenvalue weighted by Crippen LogP contribution is -2.19. The molecule has 2 N–H and O–H groups in total. The summed E-state index contributed by atoms with van der Waals surface area (Å²) in [5, 5.41) is 13.0. The number of phenolic OH excluding ortho intramolecular Hbond substituents is 1. The van der Waals surface area contributed by atoms with Crippen LogP contribution in [0, 0.1) is 0 Å². The molecule has 1 fully saturated rings. The molecular formula is C9H7ClN2O2S. The van der Waals surface area contributed by atoms with E-state index in [2.05, 4.69) is 10.3 Å². The van der Waals surface area contributed by atoms with Crippen molar-refractivity contribution >= 4 is 40.1 Å². The predicted octanol–water partition coefficient (Wildman–Crippen LogP) is 1.90. The molecule has 0 bridgehead atoms. The highest BCUT2D eigenvalue weighted by atomic mass is 35.5. The first-order chi connectivity index (χ1) is 7.15. The molecule has 0 aromatic heterocycles. The fourth-order valence-electron chi connectivity index (χ4n) is 1.08. The standard InChI is InChI=1S/C9H7ClN2O2S/c10-5-1-2-7(13)6(3-5)11-9-12-8(14)4-15-9/h1-3,13H,4H2,(H,11,12,14). The number of benzene rings is 1. The summed E-state index contributed by atoms with van der Waals surface area (Å²) >= 11 is 7.05. The summed E-state index contributed by atoms with van der Waals surface area (Å²) in [6.07, 6.45) is 0. The molecule has 6 heteroatoms. The lowest BCUT2D eigenvalue weighted by Gasteiger charge is -2.00. The quantitative estimate of drug-likeness (QED) is 0.791. The van der Waals surface area contributed by atoms with E-state index in [1.807, 2.05) is 0 Å². The number of aliphatic imine (C=N–C) groups is 1. The number of carbonyl (C=O) groups is 1. The summed E-state index contributed by atoms with van der Waals surface area (Å²) < 4.78 is 0. The van der Waals surface area contributed by atoms with E-state index in [0.29, 0.717) is 21.6 Å². The van der Waals surface area contributed by atoms with Gasteiger partial charge >= 0.3 is 0 Å². The second-order valence-corrected chi connectivity index (χ2v) is 4.29. The Hall–Kier alpha value is -1.20. The van der Waals surface area contributed by atoms with E-state index in [4.69, 9.17) is 11.6 Å². The summed E-state index contributed by atoms with van der Waals surface area (Å²) in [5.74, 6) is 0.314. The number of amidine groups is 1. The van der Waals surface area contributed by atoms with E-state index in [1.165, 1.54) is 23.9 Å². The first-order valence-corrected chi connectivity index (χ1v) is 5.51. The van der Waals surface area contributed by atoms with Crippen LogP contribution >= 0.6 is 23.4 Å². The number of hydrogen-bond donors (Lipinski definition) is 2. The molecule has 1 aromatic rings. The van der Waals surface area contributed by atoms with E-state index in [1.54, 1.807) is 6.07 Å². The molecule has 4 nitrogen and oxygen atoms in total. The van der Waals surface area contributed by atoms with Gasteiger partial charge in [0.05, 0.1) is 5.75 Å². The van der Waals surface area contributed by atoms with Crippen molar-refractivity contribution in [2.45, 2.75) is 0 Å². The van der Waals surface area contributed by atoms with Crippen LogP contribution in [-0.2, 0) is 4.79 Å². The number of thioether (sulfide) groups is 1. The average Bonchev–Trinajstić information content (AvgIpc) is 2.58. The van der Waals surface area contributed by atoms with Crippen molar-refractivity contribution in [2.24, 2.45) is 4.99 Å². The number of hydrogen-bond acceptors (Lipinski definition) is 4. The number of carbonyl (C=O) groups excluding carboxylic acids is 1. The predicted molar refractivity (Wildman–Crippen MR) is 60.8 cm³/mol. The zero-order valence-electron chi connectivity index (χ0n) is 7.53. The fraction of sp³-hybridized carbons (Fsp3) is 0.111. The Morgan fingerprint density at radius 1 is 1.53 bits per heavy atom. The maximum absolute atomic E-state index is 10.9. The van der Waals surface area contributed by atoms with Gasteiger partial charge in [-0.2, -0.15) is 0 Å². The molecule has 0 radical (unpaired) electrons. The van der Waals surface area contributed by atoms with Gasteiger partial charge in [-0.25, -0.2) is 4.99 Å². The molecule has 15 heavy (non-hydrogen) atoms. The van der Waals surface area contributed by atoms with Crippen LogP contribution in [0.3, 0.4) is 0 Å². The Kier molecular flexibility index (Phi) is 2.83. The topological polar surface area (TPSA) is 61.7 Å². The molecule has 1 aromatic carbocycles. The SMILES string of the molecule is O=C1CSC(=Nc2cc(Cl)ccc2O)N1. The van der Waals surface area contributed by atoms with Crippen LogP contribution < -0.4 is 5.32 Å². The van der Waals surface area contributed by atoms with Gasteiger partial charge in [0.25, 0.3) is 0 Å². The zero-order valence-corrected chi connectivity index (χ0v) is 9.10. The van der Waals surface area contributed by atoms with Gasteiger partial charge in [0.1, 0.15) is 11.4 Å². The van der Waals surface area contributed by atoms with Gasteiger partial charge in [0.15, 0.2) is 5.17 Å².